The minimum atomic E-state index is -0.620. The van der Waals surface area contributed by atoms with Crippen molar-refractivity contribution in [2.75, 3.05) is 0 Å². The van der Waals surface area contributed by atoms with Gasteiger partial charge < -0.3 is 5.11 Å². The van der Waals surface area contributed by atoms with Crippen molar-refractivity contribution in [3.8, 4) is 0 Å². The summed E-state index contributed by atoms with van der Waals surface area (Å²) in [4.78, 5) is 11.0. The topological polar surface area (TPSA) is 37.3 Å². The number of rotatable bonds is 7. The van der Waals surface area contributed by atoms with Gasteiger partial charge in [0.1, 0.15) is 0 Å². The monoisotopic (exact) mass is 304 g/mol. The van der Waals surface area contributed by atoms with Crippen LogP contribution in [0, 0.1) is 17.8 Å². The number of carboxylic acids is 1. The molecule has 2 nitrogen and oxygen atoms in total. The molecule has 1 rings (SSSR count). The lowest BCUT2D eigenvalue weighted by Gasteiger charge is -2.26. The molecule has 0 radical (unpaired) electrons. The second-order valence-corrected chi connectivity index (χ2v) is 7.02. The minimum absolute atomic E-state index is 0.116. The van der Waals surface area contributed by atoms with E-state index in [2.05, 4.69) is 52.0 Å². The van der Waals surface area contributed by atoms with Crippen molar-refractivity contribution < 1.29 is 9.90 Å². The predicted octanol–water partition coefficient (Wildman–Crippen LogP) is 5.76. The standard InChI is InChI=1S/C20H32O2/c1-15(2)7-5-8-16(3)9-6-10-17(4)18-11-13-19(14-12-18)20(21)22/h6-7,9-10,16,18-19H,5,8,11-14H2,1-4H3,(H,21,22)/t16-,18?,19?/m0/s1. The number of hydrogen-bond donors (Lipinski definition) is 1. The van der Waals surface area contributed by atoms with Gasteiger partial charge in [-0.3, -0.25) is 4.79 Å². The van der Waals surface area contributed by atoms with E-state index in [9.17, 15) is 4.79 Å². The van der Waals surface area contributed by atoms with Gasteiger partial charge in [0.15, 0.2) is 0 Å². The summed E-state index contributed by atoms with van der Waals surface area (Å²) in [6, 6.07) is 0. The lowest BCUT2D eigenvalue weighted by molar-refractivity contribution is -0.143. The maximum Gasteiger partial charge on any atom is 0.306 e. The third-order valence-electron chi connectivity index (χ3n) is 4.69. The molecule has 0 spiro atoms. The van der Waals surface area contributed by atoms with Crippen LogP contribution in [-0.4, -0.2) is 11.1 Å². The number of allylic oxidation sites excluding steroid dienone is 6. The van der Waals surface area contributed by atoms with Crippen LogP contribution >= 0.6 is 0 Å². The number of carbonyl (C=O) groups is 1. The van der Waals surface area contributed by atoms with Gasteiger partial charge in [0.25, 0.3) is 0 Å². The fraction of sp³-hybridized carbons (Fsp3) is 0.650. The lowest BCUT2D eigenvalue weighted by Crippen LogP contribution is -2.21. The van der Waals surface area contributed by atoms with Gasteiger partial charge in [0, 0.05) is 0 Å². The quantitative estimate of drug-likeness (QED) is 0.479. The highest BCUT2D eigenvalue weighted by Gasteiger charge is 2.26. The summed E-state index contributed by atoms with van der Waals surface area (Å²) < 4.78 is 0. The first-order valence-electron chi connectivity index (χ1n) is 8.61. The van der Waals surface area contributed by atoms with Crippen molar-refractivity contribution in [1.82, 2.24) is 0 Å². The molecule has 22 heavy (non-hydrogen) atoms. The fourth-order valence-corrected chi connectivity index (χ4v) is 3.06. The zero-order chi connectivity index (χ0) is 16.5. The van der Waals surface area contributed by atoms with E-state index in [4.69, 9.17) is 5.11 Å². The van der Waals surface area contributed by atoms with Gasteiger partial charge in [0.2, 0.25) is 0 Å². The van der Waals surface area contributed by atoms with Crippen LogP contribution in [0.3, 0.4) is 0 Å². The molecular weight excluding hydrogens is 272 g/mol. The molecule has 2 heteroatoms. The normalized spacial score (nSPS) is 24.3. The molecule has 0 unspecified atom stereocenters. The van der Waals surface area contributed by atoms with E-state index in [1.165, 1.54) is 17.6 Å². The van der Waals surface area contributed by atoms with Gasteiger partial charge in [-0.1, -0.05) is 42.4 Å². The van der Waals surface area contributed by atoms with Crippen LogP contribution in [0.4, 0.5) is 0 Å². The van der Waals surface area contributed by atoms with Crippen LogP contribution in [0.1, 0.15) is 66.2 Å². The molecule has 1 N–H and O–H groups in total. The zero-order valence-electron chi connectivity index (χ0n) is 14.6. The highest BCUT2D eigenvalue weighted by molar-refractivity contribution is 5.70. The van der Waals surface area contributed by atoms with Crippen molar-refractivity contribution in [3.05, 3.63) is 35.5 Å². The molecule has 1 saturated carbocycles. The van der Waals surface area contributed by atoms with Gasteiger partial charge in [-0.15, -0.1) is 0 Å². The third-order valence-corrected chi connectivity index (χ3v) is 4.69. The molecule has 0 amide bonds. The molecule has 0 aromatic carbocycles. The Balaban J connectivity index is 2.37. The van der Waals surface area contributed by atoms with Gasteiger partial charge in [-0.2, -0.15) is 0 Å². The maximum atomic E-state index is 11.0. The molecule has 0 heterocycles. The molecule has 0 aromatic heterocycles. The minimum Gasteiger partial charge on any atom is -0.481 e. The molecular formula is C20H32O2. The average molecular weight is 304 g/mol. The van der Waals surface area contributed by atoms with Crippen molar-refractivity contribution in [3.63, 3.8) is 0 Å². The largest absolute Gasteiger partial charge is 0.481 e. The van der Waals surface area contributed by atoms with Crippen LogP contribution in [-0.2, 0) is 4.79 Å². The predicted molar refractivity (Wildman–Crippen MR) is 93.8 cm³/mol. The molecule has 0 bridgehead atoms. The van der Waals surface area contributed by atoms with E-state index < -0.39 is 5.97 Å². The Hall–Kier alpha value is -1.31. The summed E-state index contributed by atoms with van der Waals surface area (Å²) in [7, 11) is 0. The Morgan fingerprint density at radius 1 is 1.14 bits per heavy atom. The van der Waals surface area contributed by atoms with E-state index in [0.29, 0.717) is 11.8 Å². The van der Waals surface area contributed by atoms with Crippen LogP contribution in [0.5, 0.6) is 0 Å². The van der Waals surface area contributed by atoms with Crippen molar-refractivity contribution >= 4 is 5.97 Å². The molecule has 1 aliphatic carbocycles. The Kier molecular flexibility index (Phi) is 8.22. The highest BCUT2D eigenvalue weighted by Crippen LogP contribution is 2.33. The van der Waals surface area contributed by atoms with Crippen LogP contribution in [0.25, 0.3) is 0 Å². The number of carboxylic acid groups (broad SMARTS) is 1. The second-order valence-electron chi connectivity index (χ2n) is 7.02. The smallest absolute Gasteiger partial charge is 0.306 e. The Bertz CT molecular complexity index is 431. The maximum absolute atomic E-state index is 11.0. The van der Waals surface area contributed by atoms with E-state index in [1.54, 1.807) is 0 Å². The van der Waals surface area contributed by atoms with Crippen LogP contribution in [0.15, 0.2) is 35.5 Å². The van der Waals surface area contributed by atoms with Gasteiger partial charge >= 0.3 is 5.97 Å². The zero-order valence-corrected chi connectivity index (χ0v) is 14.6. The molecule has 124 valence electrons. The molecule has 1 aliphatic rings. The Labute approximate surface area is 136 Å². The van der Waals surface area contributed by atoms with Crippen LogP contribution in [0.2, 0.25) is 0 Å². The second kappa shape index (κ2) is 9.66. The summed E-state index contributed by atoms with van der Waals surface area (Å²) in [5.74, 6) is 0.434. The first-order chi connectivity index (χ1) is 10.4. The molecule has 1 fully saturated rings. The number of hydrogen-bond acceptors (Lipinski definition) is 1. The molecule has 1 atom stereocenters. The SMILES string of the molecule is CC(C)=CCC[C@H](C)C=CC=C(C)C1CCC(C(=O)O)CC1. The summed E-state index contributed by atoms with van der Waals surface area (Å²) >= 11 is 0. The average Bonchev–Trinajstić information content (AvgIpc) is 2.46. The van der Waals surface area contributed by atoms with E-state index in [1.807, 2.05) is 0 Å². The van der Waals surface area contributed by atoms with Crippen molar-refractivity contribution in [1.29, 1.82) is 0 Å². The first kappa shape index (κ1) is 18.7. The summed E-state index contributed by atoms with van der Waals surface area (Å²) in [6.07, 6.45) is 15.0. The Morgan fingerprint density at radius 2 is 1.73 bits per heavy atom. The fourth-order valence-electron chi connectivity index (χ4n) is 3.06. The van der Waals surface area contributed by atoms with Gasteiger partial charge in [-0.25, -0.2) is 0 Å². The van der Waals surface area contributed by atoms with Crippen molar-refractivity contribution in [2.45, 2.75) is 66.2 Å². The van der Waals surface area contributed by atoms with Gasteiger partial charge in [-0.05, 0) is 71.1 Å². The van der Waals surface area contributed by atoms with Gasteiger partial charge in [0.05, 0.1) is 5.92 Å². The molecule has 0 aliphatic heterocycles. The Morgan fingerprint density at radius 3 is 2.27 bits per heavy atom. The molecule has 0 aromatic rings. The summed E-state index contributed by atoms with van der Waals surface area (Å²) in [5.41, 5.74) is 2.79. The number of aliphatic carboxylic acids is 1. The summed E-state index contributed by atoms with van der Waals surface area (Å²) in [6.45, 7) is 8.73. The van der Waals surface area contributed by atoms with Crippen molar-refractivity contribution in [2.24, 2.45) is 17.8 Å². The highest BCUT2D eigenvalue weighted by atomic mass is 16.4. The third kappa shape index (κ3) is 7.11. The first-order valence-corrected chi connectivity index (χ1v) is 8.61. The summed E-state index contributed by atoms with van der Waals surface area (Å²) in [5, 5.41) is 9.04. The van der Waals surface area contributed by atoms with E-state index >= 15 is 0 Å². The van der Waals surface area contributed by atoms with E-state index in [0.717, 1.165) is 32.1 Å². The van der Waals surface area contributed by atoms with E-state index in [-0.39, 0.29) is 5.92 Å². The van der Waals surface area contributed by atoms with Crippen LogP contribution < -0.4 is 0 Å². The molecule has 0 saturated heterocycles. The lowest BCUT2D eigenvalue weighted by atomic mass is 9.79.